The minimum atomic E-state index is -0.555. The van der Waals surface area contributed by atoms with Crippen molar-refractivity contribution in [1.29, 1.82) is 0 Å². The van der Waals surface area contributed by atoms with Gasteiger partial charge in [-0.3, -0.25) is 9.59 Å². The van der Waals surface area contributed by atoms with Crippen LogP contribution in [0.4, 0.5) is 4.79 Å². The van der Waals surface area contributed by atoms with E-state index >= 15 is 0 Å². The number of alkyl carbamates (subject to hydrolysis) is 1. The molecule has 3 amide bonds. The first-order valence-electron chi connectivity index (χ1n) is 9.11. The molecule has 0 aromatic heterocycles. The zero-order valence-corrected chi connectivity index (χ0v) is 16.9. The molecule has 8 nitrogen and oxygen atoms in total. The topological polar surface area (TPSA) is 106 Å². The lowest BCUT2D eigenvalue weighted by atomic mass is 9.92. The Morgan fingerprint density at radius 1 is 0.962 bits per heavy atom. The largest absolute Gasteiger partial charge is 0.444 e. The quantitative estimate of drug-likeness (QED) is 0.475. The highest BCUT2D eigenvalue weighted by Gasteiger charge is 2.23. The number of nitrogens with one attached hydrogen (secondary N) is 3. The molecular weight excluding hydrogens is 338 g/mol. The number of hydrogen-bond donors (Lipinski definition) is 3. The molecule has 2 atom stereocenters. The van der Waals surface area contributed by atoms with Crippen LogP contribution in [-0.4, -0.2) is 56.9 Å². The Balaban J connectivity index is 4.13. The third-order valence-corrected chi connectivity index (χ3v) is 3.65. The lowest BCUT2D eigenvalue weighted by Gasteiger charge is -2.20. The number of carbonyl (C=O) groups is 3. The maximum absolute atomic E-state index is 12.1. The monoisotopic (exact) mass is 373 g/mol. The number of ether oxygens (including phenoxy) is 2. The highest BCUT2D eigenvalue weighted by Crippen LogP contribution is 2.16. The van der Waals surface area contributed by atoms with Crippen molar-refractivity contribution in [2.24, 2.45) is 11.8 Å². The Labute approximate surface area is 156 Å². The minimum absolute atomic E-state index is 0.0595. The third kappa shape index (κ3) is 11.7. The summed E-state index contributed by atoms with van der Waals surface area (Å²) in [7, 11) is 1.58. The molecule has 0 aliphatic heterocycles. The van der Waals surface area contributed by atoms with Gasteiger partial charge in [0.2, 0.25) is 11.8 Å². The van der Waals surface area contributed by atoms with Crippen LogP contribution in [-0.2, 0) is 19.1 Å². The number of rotatable bonds is 11. The van der Waals surface area contributed by atoms with Crippen LogP contribution in [0.15, 0.2) is 0 Å². The third-order valence-electron chi connectivity index (χ3n) is 3.65. The maximum atomic E-state index is 12.1. The van der Waals surface area contributed by atoms with Crippen molar-refractivity contribution in [3.63, 3.8) is 0 Å². The molecule has 0 spiro atoms. The van der Waals surface area contributed by atoms with Gasteiger partial charge in [-0.05, 0) is 33.6 Å². The Kier molecular flexibility index (Phi) is 11.6. The van der Waals surface area contributed by atoms with Crippen LogP contribution >= 0.6 is 0 Å². The molecular formula is C18H35N3O5. The van der Waals surface area contributed by atoms with Crippen molar-refractivity contribution < 1.29 is 23.9 Å². The summed E-state index contributed by atoms with van der Waals surface area (Å²) >= 11 is 0. The summed E-state index contributed by atoms with van der Waals surface area (Å²) in [5, 5.41) is 8.15. The minimum Gasteiger partial charge on any atom is -0.444 e. The first kappa shape index (κ1) is 24.2. The summed E-state index contributed by atoms with van der Waals surface area (Å²) in [4.78, 5) is 35.7. The number of methoxy groups -OCH3 is 1. The number of carbonyl (C=O) groups excluding carboxylic acids is 3. The standard InChI is InChI=1S/C18H35N3O5/c1-7-14(16(23)20-10-11-25-6)12-13(2)15(22)19-8-9-21-17(24)26-18(3,4)5/h13-14H,7-12H2,1-6H3,(H,19,22)(H,20,23)(H,21,24). The van der Waals surface area contributed by atoms with E-state index in [4.69, 9.17) is 9.47 Å². The summed E-state index contributed by atoms with van der Waals surface area (Å²) in [6.07, 6.45) is 0.621. The highest BCUT2D eigenvalue weighted by molar-refractivity contribution is 5.81. The van der Waals surface area contributed by atoms with E-state index in [1.807, 2.05) is 6.92 Å². The van der Waals surface area contributed by atoms with Crippen LogP contribution in [0.5, 0.6) is 0 Å². The Hall–Kier alpha value is -1.83. The Morgan fingerprint density at radius 3 is 2.08 bits per heavy atom. The molecule has 26 heavy (non-hydrogen) atoms. The molecule has 152 valence electrons. The Bertz CT molecular complexity index is 449. The predicted molar refractivity (Wildman–Crippen MR) is 99.7 cm³/mol. The molecule has 0 saturated heterocycles. The molecule has 0 bridgehead atoms. The van der Waals surface area contributed by atoms with Gasteiger partial charge in [0.15, 0.2) is 0 Å². The number of hydrogen-bond acceptors (Lipinski definition) is 5. The molecule has 0 radical (unpaired) electrons. The van der Waals surface area contributed by atoms with Crippen molar-refractivity contribution >= 4 is 17.9 Å². The Morgan fingerprint density at radius 2 is 1.54 bits per heavy atom. The second kappa shape index (κ2) is 12.5. The highest BCUT2D eigenvalue weighted by atomic mass is 16.6. The first-order valence-corrected chi connectivity index (χ1v) is 9.11. The molecule has 0 fully saturated rings. The van der Waals surface area contributed by atoms with Crippen LogP contribution in [0.2, 0.25) is 0 Å². The van der Waals surface area contributed by atoms with Crippen LogP contribution in [0.3, 0.4) is 0 Å². The van der Waals surface area contributed by atoms with Crippen molar-refractivity contribution in [3.05, 3.63) is 0 Å². The van der Waals surface area contributed by atoms with E-state index in [1.165, 1.54) is 0 Å². The molecule has 0 aliphatic rings. The smallest absolute Gasteiger partial charge is 0.407 e. The van der Waals surface area contributed by atoms with Gasteiger partial charge in [-0.25, -0.2) is 4.79 Å². The molecule has 0 aliphatic carbocycles. The average molecular weight is 373 g/mol. The molecule has 2 unspecified atom stereocenters. The molecule has 0 aromatic rings. The van der Waals surface area contributed by atoms with Gasteiger partial charge >= 0.3 is 6.09 Å². The van der Waals surface area contributed by atoms with Gasteiger partial charge in [0.25, 0.3) is 0 Å². The molecule has 8 heteroatoms. The molecule has 0 saturated carbocycles. The zero-order valence-electron chi connectivity index (χ0n) is 16.9. The maximum Gasteiger partial charge on any atom is 0.407 e. The lowest BCUT2D eigenvalue weighted by Crippen LogP contribution is -2.40. The van der Waals surface area contributed by atoms with E-state index in [0.29, 0.717) is 32.5 Å². The van der Waals surface area contributed by atoms with E-state index in [2.05, 4.69) is 16.0 Å². The molecule has 0 heterocycles. The van der Waals surface area contributed by atoms with Crippen LogP contribution in [0, 0.1) is 11.8 Å². The second-order valence-electron chi connectivity index (χ2n) is 7.25. The lowest BCUT2D eigenvalue weighted by molar-refractivity contribution is -0.128. The SMILES string of the molecule is CCC(CC(C)C(=O)NCCNC(=O)OC(C)(C)C)C(=O)NCCOC. The predicted octanol–water partition coefficient (Wildman–Crippen LogP) is 1.44. The summed E-state index contributed by atoms with van der Waals surface area (Å²) in [5.74, 6) is -0.711. The van der Waals surface area contributed by atoms with Gasteiger partial charge in [-0.15, -0.1) is 0 Å². The fourth-order valence-corrected chi connectivity index (χ4v) is 2.25. The van der Waals surface area contributed by atoms with E-state index in [1.54, 1.807) is 34.8 Å². The van der Waals surface area contributed by atoms with Crippen molar-refractivity contribution in [3.8, 4) is 0 Å². The van der Waals surface area contributed by atoms with Crippen LogP contribution in [0.25, 0.3) is 0 Å². The normalized spacial score (nSPS) is 13.5. The van der Waals surface area contributed by atoms with Crippen LogP contribution < -0.4 is 16.0 Å². The van der Waals surface area contributed by atoms with E-state index in [-0.39, 0.29) is 30.2 Å². The van der Waals surface area contributed by atoms with Crippen molar-refractivity contribution in [2.45, 2.75) is 53.1 Å². The van der Waals surface area contributed by atoms with Crippen molar-refractivity contribution in [2.75, 3.05) is 33.4 Å². The molecule has 3 N–H and O–H groups in total. The summed E-state index contributed by atoms with van der Waals surface area (Å²) in [6.45, 7) is 10.6. The van der Waals surface area contributed by atoms with Gasteiger partial charge in [0.05, 0.1) is 6.61 Å². The van der Waals surface area contributed by atoms with Gasteiger partial charge in [0, 0.05) is 38.6 Å². The fourth-order valence-electron chi connectivity index (χ4n) is 2.25. The van der Waals surface area contributed by atoms with Gasteiger partial charge in [-0.2, -0.15) is 0 Å². The van der Waals surface area contributed by atoms with Crippen LogP contribution in [0.1, 0.15) is 47.5 Å². The summed E-state index contributed by atoms with van der Waals surface area (Å²) < 4.78 is 10.0. The van der Waals surface area contributed by atoms with E-state index in [9.17, 15) is 14.4 Å². The van der Waals surface area contributed by atoms with Gasteiger partial charge in [-0.1, -0.05) is 13.8 Å². The number of amides is 3. The van der Waals surface area contributed by atoms with Gasteiger partial charge in [0.1, 0.15) is 5.60 Å². The fraction of sp³-hybridized carbons (Fsp3) is 0.833. The van der Waals surface area contributed by atoms with E-state index in [0.717, 1.165) is 0 Å². The zero-order chi connectivity index (χ0) is 20.2. The first-order chi connectivity index (χ1) is 12.1. The summed E-state index contributed by atoms with van der Waals surface area (Å²) in [5.41, 5.74) is -0.555. The average Bonchev–Trinajstić information content (AvgIpc) is 2.54. The molecule has 0 aromatic carbocycles. The van der Waals surface area contributed by atoms with Crippen molar-refractivity contribution in [1.82, 2.24) is 16.0 Å². The second-order valence-corrected chi connectivity index (χ2v) is 7.25. The summed E-state index contributed by atoms with van der Waals surface area (Å²) in [6, 6.07) is 0. The van der Waals surface area contributed by atoms with Gasteiger partial charge < -0.3 is 25.4 Å². The van der Waals surface area contributed by atoms with E-state index < -0.39 is 11.7 Å². The molecule has 0 rings (SSSR count).